The maximum atomic E-state index is 13.1. The van der Waals surface area contributed by atoms with Crippen LogP contribution in [-0.4, -0.2) is 71.7 Å². The van der Waals surface area contributed by atoms with Crippen LogP contribution in [0.1, 0.15) is 36.7 Å². The third-order valence-corrected chi connectivity index (χ3v) is 7.58. The van der Waals surface area contributed by atoms with Crippen molar-refractivity contribution in [1.29, 1.82) is 0 Å². The Kier molecular flexibility index (Phi) is 8.59. The average Bonchev–Trinajstić information content (AvgIpc) is 2.86. The summed E-state index contributed by atoms with van der Waals surface area (Å²) in [5, 5.41) is 2.70. The number of benzene rings is 2. The van der Waals surface area contributed by atoms with Crippen LogP contribution in [0.4, 0.5) is 5.69 Å². The highest BCUT2D eigenvalue weighted by molar-refractivity contribution is 7.89. The van der Waals surface area contributed by atoms with Crippen LogP contribution in [0.15, 0.2) is 41.3 Å². The molecule has 1 aliphatic heterocycles. The number of methoxy groups -OCH3 is 2. The molecule has 0 saturated carbocycles. The monoisotopic (exact) mass is 520 g/mol. The van der Waals surface area contributed by atoms with Gasteiger partial charge in [-0.1, -0.05) is 26.8 Å². The molecular weight excluding hydrogens is 488 g/mol. The second kappa shape index (κ2) is 11.3. The molecule has 2 aromatic carbocycles. The van der Waals surface area contributed by atoms with E-state index in [-0.39, 0.29) is 47.9 Å². The van der Waals surface area contributed by atoms with Crippen molar-refractivity contribution in [2.45, 2.75) is 31.1 Å². The molecule has 11 heteroatoms. The molecule has 36 heavy (non-hydrogen) atoms. The van der Waals surface area contributed by atoms with E-state index in [4.69, 9.17) is 18.9 Å². The molecule has 1 fully saturated rings. The van der Waals surface area contributed by atoms with Crippen LogP contribution >= 0.6 is 0 Å². The van der Waals surface area contributed by atoms with E-state index in [1.165, 1.54) is 36.7 Å². The number of amides is 1. The third-order valence-electron chi connectivity index (χ3n) is 5.66. The molecule has 3 rings (SSSR count). The fourth-order valence-corrected chi connectivity index (χ4v) is 5.19. The van der Waals surface area contributed by atoms with Crippen molar-refractivity contribution in [2.24, 2.45) is 0 Å². The summed E-state index contributed by atoms with van der Waals surface area (Å²) < 4.78 is 48.5. The standard InChI is InChI=1S/C25H32N2O8S/c1-25(2,3)18-7-9-20(32-4)19(15-18)26-23(28)16-35-24(29)17-6-8-21(33-5)22(14-17)36(30,31)27-10-12-34-13-11-27/h6-9,14-15H,10-13,16H2,1-5H3,(H,26,28). The van der Waals surface area contributed by atoms with E-state index < -0.39 is 28.5 Å². The molecule has 1 saturated heterocycles. The van der Waals surface area contributed by atoms with Gasteiger partial charge >= 0.3 is 5.97 Å². The van der Waals surface area contributed by atoms with Crippen LogP contribution in [0, 0.1) is 0 Å². The summed E-state index contributed by atoms with van der Waals surface area (Å²) >= 11 is 0. The van der Waals surface area contributed by atoms with Crippen molar-refractivity contribution in [3.8, 4) is 11.5 Å². The zero-order chi connectivity index (χ0) is 26.5. The van der Waals surface area contributed by atoms with E-state index in [9.17, 15) is 18.0 Å². The molecule has 1 amide bonds. The maximum Gasteiger partial charge on any atom is 0.338 e. The van der Waals surface area contributed by atoms with Gasteiger partial charge in [0.05, 0.1) is 38.7 Å². The van der Waals surface area contributed by atoms with Gasteiger partial charge in [-0.05, 0) is 41.3 Å². The minimum absolute atomic E-state index is 0.0252. The summed E-state index contributed by atoms with van der Waals surface area (Å²) in [6, 6.07) is 9.45. The number of rotatable bonds is 8. The third kappa shape index (κ3) is 6.34. The fourth-order valence-electron chi connectivity index (χ4n) is 3.60. The Morgan fingerprint density at radius 2 is 1.64 bits per heavy atom. The van der Waals surface area contributed by atoms with Gasteiger partial charge in [0.15, 0.2) is 6.61 Å². The zero-order valence-electron chi connectivity index (χ0n) is 21.1. The molecule has 2 aromatic rings. The van der Waals surface area contributed by atoms with Gasteiger partial charge in [0.2, 0.25) is 10.0 Å². The number of anilines is 1. The molecule has 0 spiro atoms. The highest BCUT2D eigenvalue weighted by atomic mass is 32.2. The molecule has 1 aliphatic rings. The number of carbonyl (C=O) groups excluding carboxylic acids is 2. The lowest BCUT2D eigenvalue weighted by molar-refractivity contribution is -0.119. The summed E-state index contributed by atoms with van der Waals surface area (Å²) in [4.78, 5) is 25.0. The largest absolute Gasteiger partial charge is 0.495 e. The van der Waals surface area contributed by atoms with Gasteiger partial charge in [-0.15, -0.1) is 0 Å². The van der Waals surface area contributed by atoms with Gasteiger partial charge in [-0.2, -0.15) is 4.31 Å². The van der Waals surface area contributed by atoms with Crippen LogP contribution < -0.4 is 14.8 Å². The van der Waals surface area contributed by atoms with Gasteiger partial charge < -0.3 is 24.3 Å². The van der Waals surface area contributed by atoms with Gasteiger partial charge in [0.1, 0.15) is 16.4 Å². The number of sulfonamides is 1. The zero-order valence-corrected chi connectivity index (χ0v) is 21.9. The van der Waals surface area contributed by atoms with Crippen molar-refractivity contribution in [2.75, 3.05) is 52.4 Å². The Morgan fingerprint density at radius 3 is 2.25 bits per heavy atom. The number of hydrogen-bond donors (Lipinski definition) is 1. The maximum absolute atomic E-state index is 13.1. The topological polar surface area (TPSA) is 120 Å². The lowest BCUT2D eigenvalue weighted by Crippen LogP contribution is -2.40. The Hall–Kier alpha value is -3.15. The average molecular weight is 521 g/mol. The van der Waals surface area contributed by atoms with E-state index in [1.54, 1.807) is 6.07 Å². The minimum Gasteiger partial charge on any atom is -0.495 e. The highest BCUT2D eigenvalue weighted by Crippen LogP contribution is 2.32. The molecular formula is C25H32N2O8S. The number of hydrogen-bond acceptors (Lipinski definition) is 8. The minimum atomic E-state index is -3.93. The molecule has 1 heterocycles. The SMILES string of the molecule is COc1ccc(C(C)(C)C)cc1NC(=O)COC(=O)c1ccc(OC)c(S(=O)(=O)N2CCOCC2)c1. The van der Waals surface area contributed by atoms with Gasteiger partial charge in [0, 0.05) is 13.1 Å². The quantitative estimate of drug-likeness (QED) is 0.528. The number of morpholine rings is 1. The number of carbonyl (C=O) groups is 2. The van der Waals surface area contributed by atoms with E-state index in [0.717, 1.165) is 5.56 Å². The van der Waals surface area contributed by atoms with E-state index in [0.29, 0.717) is 11.4 Å². The molecule has 0 aromatic heterocycles. The lowest BCUT2D eigenvalue weighted by atomic mass is 9.87. The molecule has 0 bridgehead atoms. The predicted octanol–water partition coefficient (Wildman–Crippen LogP) is 2.82. The van der Waals surface area contributed by atoms with Crippen molar-refractivity contribution in [3.63, 3.8) is 0 Å². The first kappa shape index (κ1) is 27.4. The van der Waals surface area contributed by atoms with Gasteiger partial charge in [-0.25, -0.2) is 13.2 Å². The van der Waals surface area contributed by atoms with Crippen LogP contribution in [-0.2, 0) is 29.7 Å². The molecule has 0 radical (unpaired) electrons. The van der Waals surface area contributed by atoms with Crippen molar-refractivity contribution in [1.82, 2.24) is 4.31 Å². The summed E-state index contributed by atoms with van der Waals surface area (Å²) in [5.41, 5.74) is 1.27. The first-order valence-electron chi connectivity index (χ1n) is 11.4. The summed E-state index contributed by atoms with van der Waals surface area (Å²) in [5.74, 6) is -0.846. The molecule has 196 valence electrons. The van der Waals surface area contributed by atoms with Crippen LogP contribution in [0.2, 0.25) is 0 Å². The highest BCUT2D eigenvalue weighted by Gasteiger charge is 2.30. The summed E-state index contributed by atoms with van der Waals surface area (Å²) in [6.45, 7) is 6.52. The van der Waals surface area contributed by atoms with Gasteiger partial charge in [0.25, 0.3) is 5.91 Å². The van der Waals surface area contributed by atoms with Crippen molar-refractivity contribution in [3.05, 3.63) is 47.5 Å². The van der Waals surface area contributed by atoms with E-state index >= 15 is 0 Å². The van der Waals surface area contributed by atoms with Crippen LogP contribution in [0.5, 0.6) is 11.5 Å². The van der Waals surface area contributed by atoms with Crippen molar-refractivity contribution >= 4 is 27.6 Å². The number of esters is 1. The second-order valence-corrected chi connectivity index (χ2v) is 11.1. The fraction of sp³-hybridized carbons (Fsp3) is 0.440. The smallest absolute Gasteiger partial charge is 0.338 e. The summed E-state index contributed by atoms with van der Waals surface area (Å²) in [6.07, 6.45) is 0. The first-order chi connectivity index (χ1) is 17.0. The number of nitrogens with zero attached hydrogens (tertiary/aromatic N) is 1. The number of ether oxygens (including phenoxy) is 4. The Labute approximate surface area is 211 Å². The summed E-state index contributed by atoms with van der Waals surface area (Å²) in [7, 11) is -1.09. The molecule has 10 nitrogen and oxygen atoms in total. The predicted molar refractivity (Wildman–Crippen MR) is 133 cm³/mol. The Balaban J connectivity index is 1.73. The van der Waals surface area contributed by atoms with E-state index in [1.807, 2.05) is 32.9 Å². The van der Waals surface area contributed by atoms with Crippen LogP contribution in [0.3, 0.4) is 0 Å². The molecule has 0 atom stereocenters. The Bertz CT molecular complexity index is 1220. The van der Waals surface area contributed by atoms with Crippen LogP contribution in [0.25, 0.3) is 0 Å². The first-order valence-corrected chi connectivity index (χ1v) is 12.8. The Morgan fingerprint density at radius 1 is 1.00 bits per heavy atom. The van der Waals surface area contributed by atoms with E-state index in [2.05, 4.69) is 5.32 Å². The van der Waals surface area contributed by atoms with Gasteiger partial charge in [-0.3, -0.25) is 4.79 Å². The lowest BCUT2D eigenvalue weighted by Gasteiger charge is -2.26. The molecule has 1 N–H and O–H groups in total. The molecule has 0 aliphatic carbocycles. The second-order valence-electron chi connectivity index (χ2n) is 9.17. The normalized spacial score (nSPS) is 14.7. The number of nitrogens with one attached hydrogen (secondary N) is 1. The molecule has 0 unspecified atom stereocenters. The van der Waals surface area contributed by atoms with Crippen molar-refractivity contribution < 1.29 is 37.0 Å².